The second-order valence-corrected chi connectivity index (χ2v) is 5.74. The van der Waals surface area contributed by atoms with Crippen molar-refractivity contribution in [2.45, 2.75) is 49.7 Å². The molecule has 0 aliphatic heterocycles. The molecule has 0 amide bonds. The summed E-state index contributed by atoms with van der Waals surface area (Å²) in [6.45, 7) is 2.13. The monoisotopic (exact) mass is 346 g/mol. The van der Waals surface area contributed by atoms with Crippen LogP contribution in [0.5, 0.6) is 0 Å². The Morgan fingerprint density at radius 2 is 2.05 bits per heavy atom. The van der Waals surface area contributed by atoms with Gasteiger partial charge in [0.15, 0.2) is 0 Å². The largest absolute Gasteiger partial charge is 0.466 e. The van der Waals surface area contributed by atoms with Crippen LogP contribution in [-0.2, 0) is 14.3 Å². The lowest BCUT2D eigenvalue weighted by Gasteiger charge is -2.15. The number of carbonyl (C=O) groups is 1. The minimum atomic E-state index is -4.14. The molecule has 0 radical (unpaired) electrons. The van der Waals surface area contributed by atoms with E-state index in [2.05, 4.69) is 15.9 Å². The zero-order valence-corrected chi connectivity index (χ0v) is 12.3. The van der Waals surface area contributed by atoms with E-state index in [1.807, 2.05) is 0 Å². The second kappa shape index (κ2) is 7.47. The van der Waals surface area contributed by atoms with Crippen LogP contribution in [0.2, 0.25) is 0 Å². The van der Waals surface area contributed by atoms with Gasteiger partial charge in [0.2, 0.25) is 0 Å². The van der Waals surface area contributed by atoms with Crippen molar-refractivity contribution in [3.8, 4) is 0 Å². The van der Waals surface area contributed by atoms with E-state index in [9.17, 15) is 18.0 Å². The van der Waals surface area contributed by atoms with Crippen LogP contribution in [0.25, 0.3) is 0 Å². The normalized spacial score (nSPS) is 27.5. The van der Waals surface area contributed by atoms with Crippen LogP contribution in [-0.4, -0.2) is 36.3 Å². The maximum absolute atomic E-state index is 12.0. The van der Waals surface area contributed by atoms with E-state index in [0.29, 0.717) is 19.4 Å². The first-order valence-electron chi connectivity index (χ1n) is 6.32. The van der Waals surface area contributed by atoms with E-state index in [0.717, 1.165) is 0 Å². The van der Waals surface area contributed by atoms with Gasteiger partial charge in [-0.25, -0.2) is 0 Å². The Kier molecular flexibility index (Phi) is 6.59. The highest BCUT2D eigenvalue weighted by Gasteiger charge is 2.38. The molecule has 1 aliphatic carbocycles. The summed E-state index contributed by atoms with van der Waals surface area (Å²) in [5, 5.41) is 0. The van der Waals surface area contributed by atoms with E-state index in [1.54, 1.807) is 6.92 Å². The van der Waals surface area contributed by atoms with Gasteiger partial charge < -0.3 is 9.47 Å². The lowest BCUT2D eigenvalue weighted by Crippen LogP contribution is -2.20. The van der Waals surface area contributed by atoms with Crippen molar-refractivity contribution >= 4 is 21.9 Å². The topological polar surface area (TPSA) is 35.5 Å². The Balaban J connectivity index is 2.26. The predicted octanol–water partition coefficient (Wildman–Crippen LogP) is 3.45. The smallest absolute Gasteiger partial charge is 0.389 e. The fraction of sp³-hybridized carbons (Fsp3) is 0.917. The van der Waals surface area contributed by atoms with Gasteiger partial charge in [-0.15, -0.1) is 0 Å². The quantitative estimate of drug-likeness (QED) is 0.419. The van der Waals surface area contributed by atoms with Crippen LogP contribution in [0.15, 0.2) is 0 Å². The number of hydrogen-bond acceptors (Lipinski definition) is 3. The van der Waals surface area contributed by atoms with Crippen LogP contribution in [0.3, 0.4) is 0 Å². The van der Waals surface area contributed by atoms with Crippen molar-refractivity contribution in [2.75, 3.05) is 13.2 Å². The Hall–Kier alpha value is -0.300. The molecule has 0 aromatic carbocycles. The third-order valence-electron chi connectivity index (χ3n) is 2.99. The molecule has 3 nitrogen and oxygen atoms in total. The van der Waals surface area contributed by atoms with Gasteiger partial charge in [0.1, 0.15) is 0 Å². The Bertz CT molecular complexity index is 296. The Morgan fingerprint density at radius 1 is 1.37 bits per heavy atom. The standard InChI is InChI=1S/C12H18BrF3O3/c1-2-18-11(17)8-6-9(13)10(7-8)19-5-3-4-12(14,15)16/h8-10H,2-7H2,1H3. The number of hydrogen-bond donors (Lipinski definition) is 0. The first kappa shape index (κ1) is 16.8. The van der Waals surface area contributed by atoms with E-state index in [4.69, 9.17) is 9.47 Å². The number of halogens is 4. The highest BCUT2D eigenvalue weighted by Crippen LogP contribution is 2.34. The lowest BCUT2D eigenvalue weighted by atomic mass is 10.1. The Morgan fingerprint density at radius 3 is 2.63 bits per heavy atom. The van der Waals surface area contributed by atoms with Gasteiger partial charge in [0.05, 0.1) is 18.6 Å². The number of rotatable bonds is 6. The predicted molar refractivity (Wildman–Crippen MR) is 67.1 cm³/mol. The molecule has 0 aromatic heterocycles. The molecule has 0 spiro atoms. The first-order valence-corrected chi connectivity index (χ1v) is 7.24. The van der Waals surface area contributed by atoms with Crippen LogP contribution < -0.4 is 0 Å². The maximum atomic E-state index is 12.0. The van der Waals surface area contributed by atoms with Crippen molar-refractivity contribution in [1.82, 2.24) is 0 Å². The van der Waals surface area contributed by atoms with E-state index >= 15 is 0 Å². The summed E-state index contributed by atoms with van der Waals surface area (Å²) in [5.41, 5.74) is 0. The fourth-order valence-corrected chi connectivity index (χ4v) is 2.90. The van der Waals surface area contributed by atoms with E-state index < -0.39 is 12.6 Å². The molecule has 112 valence electrons. The molecule has 0 bridgehead atoms. The van der Waals surface area contributed by atoms with Crippen molar-refractivity contribution in [3.05, 3.63) is 0 Å². The molecule has 0 aromatic rings. The summed E-state index contributed by atoms with van der Waals surface area (Å²) in [6, 6.07) is 0. The minimum absolute atomic E-state index is 0.00667. The fourth-order valence-electron chi connectivity index (χ4n) is 2.08. The van der Waals surface area contributed by atoms with Gasteiger partial charge in [-0.1, -0.05) is 15.9 Å². The molecule has 1 fully saturated rings. The molecule has 1 rings (SSSR count). The molecule has 0 N–H and O–H groups in total. The number of carbonyl (C=O) groups excluding carboxylic acids is 1. The minimum Gasteiger partial charge on any atom is -0.466 e. The molecule has 1 aliphatic rings. The van der Waals surface area contributed by atoms with Crippen LogP contribution >= 0.6 is 15.9 Å². The highest BCUT2D eigenvalue weighted by atomic mass is 79.9. The van der Waals surface area contributed by atoms with Crippen molar-refractivity contribution in [1.29, 1.82) is 0 Å². The van der Waals surface area contributed by atoms with Gasteiger partial charge in [-0.05, 0) is 26.2 Å². The van der Waals surface area contributed by atoms with Crippen molar-refractivity contribution in [2.24, 2.45) is 5.92 Å². The lowest BCUT2D eigenvalue weighted by molar-refractivity contribution is -0.148. The highest BCUT2D eigenvalue weighted by molar-refractivity contribution is 9.09. The van der Waals surface area contributed by atoms with E-state index in [-0.39, 0.29) is 35.8 Å². The summed E-state index contributed by atoms with van der Waals surface area (Å²) in [7, 11) is 0. The Labute approximate surface area is 119 Å². The molecule has 3 atom stereocenters. The average molecular weight is 347 g/mol. The third kappa shape index (κ3) is 6.12. The SMILES string of the molecule is CCOC(=O)C1CC(Br)C(OCCCC(F)(F)F)C1. The molecular formula is C12H18BrF3O3. The summed E-state index contributed by atoms with van der Waals surface area (Å²) in [6.07, 6.45) is -4.15. The van der Waals surface area contributed by atoms with Gasteiger partial charge >= 0.3 is 12.1 Å². The molecule has 0 saturated heterocycles. The van der Waals surface area contributed by atoms with Gasteiger partial charge in [0, 0.05) is 17.9 Å². The summed E-state index contributed by atoms with van der Waals surface area (Å²) in [5.74, 6) is -0.481. The average Bonchev–Trinajstić information content (AvgIpc) is 2.66. The summed E-state index contributed by atoms with van der Waals surface area (Å²) >= 11 is 3.40. The summed E-state index contributed by atoms with van der Waals surface area (Å²) in [4.78, 5) is 11.5. The van der Waals surface area contributed by atoms with Crippen LogP contribution in [0.4, 0.5) is 13.2 Å². The summed E-state index contributed by atoms with van der Waals surface area (Å²) < 4.78 is 46.2. The second-order valence-electron chi connectivity index (χ2n) is 4.56. The molecule has 1 saturated carbocycles. The molecule has 7 heteroatoms. The van der Waals surface area contributed by atoms with Crippen LogP contribution in [0, 0.1) is 5.92 Å². The molecule has 3 unspecified atom stereocenters. The molecular weight excluding hydrogens is 329 g/mol. The maximum Gasteiger partial charge on any atom is 0.389 e. The van der Waals surface area contributed by atoms with Crippen LogP contribution in [0.1, 0.15) is 32.6 Å². The zero-order chi connectivity index (χ0) is 14.5. The number of alkyl halides is 4. The van der Waals surface area contributed by atoms with Gasteiger partial charge in [-0.2, -0.15) is 13.2 Å². The van der Waals surface area contributed by atoms with E-state index in [1.165, 1.54) is 0 Å². The van der Waals surface area contributed by atoms with Crippen molar-refractivity contribution in [3.63, 3.8) is 0 Å². The number of ether oxygens (including phenoxy) is 2. The zero-order valence-electron chi connectivity index (χ0n) is 10.7. The molecule has 0 heterocycles. The third-order valence-corrected chi connectivity index (χ3v) is 3.95. The van der Waals surface area contributed by atoms with Gasteiger partial charge in [-0.3, -0.25) is 4.79 Å². The number of esters is 1. The van der Waals surface area contributed by atoms with Crippen molar-refractivity contribution < 1.29 is 27.4 Å². The van der Waals surface area contributed by atoms with Gasteiger partial charge in [0.25, 0.3) is 0 Å². The first-order chi connectivity index (χ1) is 8.83. The molecule has 19 heavy (non-hydrogen) atoms.